The lowest BCUT2D eigenvalue weighted by molar-refractivity contribution is 0.125. The molecule has 0 aromatic carbocycles. The molecule has 1 nitrogen and oxygen atoms in total. The first-order valence-corrected chi connectivity index (χ1v) is 3.51. The maximum atomic E-state index is 12.6. The van der Waals surface area contributed by atoms with Gasteiger partial charge in [-0.2, -0.15) is 0 Å². The Kier molecular flexibility index (Phi) is 2.06. The fourth-order valence-electron chi connectivity index (χ4n) is 1.53. The molecule has 0 aromatic rings. The topological polar surface area (TPSA) is 3.24 Å². The van der Waals surface area contributed by atoms with Crippen LogP contribution >= 0.6 is 0 Å². The number of halogens is 1. The van der Waals surface area contributed by atoms with Gasteiger partial charge < -0.3 is 4.90 Å². The predicted molar refractivity (Wildman–Crippen MR) is 36.2 cm³/mol. The predicted octanol–water partition coefficient (Wildman–Crippen LogP) is 1.30. The van der Waals surface area contributed by atoms with Crippen LogP contribution in [0.2, 0.25) is 0 Å². The number of alkyl halides is 1. The smallest absolute Gasteiger partial charge is 0.113 e. The van der Waals surface area contributed by atoms with Crippen LogP contribution in [0, 0.1) is 5.92 Å². The van der Waals surface area contributed by atoms with Gasteiger partial charge in [0.25, 0.3) is 0 Å². The molecule has 0 aliphatic carbocycles. The lowest BCUT2D eigenvalue weighted by Crippen LogP contribution is -2.37. The molecule has 0 amide bonds. The number of nitrogens with zero attached hydrogens (tertiary/aromatic N) is 1. The van der Waals surface area contributed by atoms with E-state index in [0.717, 1.165) is 13.0 Å². The van der Waals surface area contributed by atoms with Crippen molar-refractivity contribution < 1.29 is 4.39 Å². The van der Waals surface area contributed by atoms with Gasteiger partial charge in [0.1, 0.15) is 6.17 Å². The zero-order valence-electron chi connectivity index (χ0n) is 6.10. The molecule has 1 rings (SSSR count). The Morgan fingerprint density at radius 3 is 2.56 bits per heavy atom. The van der Waals surface area contributed by atoms with Gasteiger partial charge in [-0.1, -0.05) is 6.92 Å². The molecule has 0 radical (unpaired) electrons. The molecule has 0 unspecified atom stereocenters. The van der Waals surface area contributed by atoms with Crippen LogP contribution in [0.3, 0.4) is 0 Å². The molecule has 1 saturated heterocycles. The van der Waals surface area contributed by atoms with Crippen molar-refractivity contribution in [1.82, 2.24) is 4.90 Å². The minimum absolute atomic E-state index is 0.541. The van der Waals surface area contributed by atoms with Gasteiger partial charge in [-0.15, -0.1) is 0 Å². The highest BCUT2D eigenvalue weighted by molar-refractivity contribution is 4.73. The summed E-state index contributed by atoms with van der Waals surface area (Å²) in [6.45, 7) is 3.78. The van der Waals surface area contributed by atoms with Crippen molar-refractivity contribution >= 4 is 0 Å². The van der Waals surface area contributed by atoms with E-state index < -0.39 is 6.17 Å². The fraction of sp³-hybridized carbons (Fsp3) is 1.00. The van der Waals surface area contributed by atoms with E-state index in [9.17, 15) is 4.39 Å². The molecule has 0 N–H and O–H groups in total. The molecular formula is C7H14FN. The van der Waals surface area contributed by atoms with Crippen LogP contribution in [0.25, 0.3) is 0 Å². The van der Waals surface area contributed by atoms with E-state index in [4.69, 9.17) is 0 Å². The summed E-state index contributed by atoms with van der Waals surface area (Å²) >= 11 is 0. The monoisotopic (exact) mass is 131 g/mol. The summed E-state index contributed by atoms with van der Waals surface area (Å²) in [5, 5.41) is 0. The Bertz CT molecular complexity index is 69.9. The molecule has 54 valence electrons. The van der Waals surface area contributed by atoms with Crippen molar-refractivity contribution in [1.29, 1.82) is 0 Å². The summed E-state index contributed by atoms with van der Waals surface area (Å²) < 4.78 is 12.6. The molecule has 2 heteroatoms. The third-order valence-corrected chi connectivity index (χ3v) is 1.79. The van der Waals surface area contributed by atoms with Gasteiger partial charge >= 0.3 is 0 Å². The van der Waals surface area contributed by atoms with Crippen molar-refractivity contribution in [2.75, 3.05) is 20.1 Å². The fourth-order valence-corrected chi connectivity index (χ4v) is 1.53. The molecule has 1 aliphatic heterocycles. The van der Waals surface area contributed by atoms with Crippen molar-refractivity contribution in [2.24, 2.45) is 5.92 Å². The van der Waals surface area contributed by atoms with Gasteiger partial charge in [0, 0.05) is 13.1 Å². The van der Waals surface area contributed by atoms with E-state index in [2.05, 4.69) is 11.8 Å². The minimum Gasteiger partial charge on any atom is -0.303 e. The summed E-state index contributed by atoms with van der Waals surface area (Å²) in [6, 6.07) is 0. The van der Waals surface area contributed by atoms with Crippen LogP contribution in [-0.2, 0) is 0 Å². The number of likely N-dealkylation sites (tertiary alicyclic amines) is 1. The molecule has 0 aromatic heterocycles. The molecule has 2 atom stereocenters. The van der Waals surface area contributed by atoms with Gasteiger partial charge in [-0.05, 0) is 19.4 Å². The molecular weight excluding hydrogens is 117 g/mol. The highest BCUT2D eigenvalue weighted by atomic mass is 19.1. The first kappa shape index (κ1) is 7.00. The first-order valence-electron chi connectivity index (χ1n) is 3.51. The average molecular weight is 131 g/mol. The second kappa shape index (κ2) is 2.65. The molecule has 0 bridgehead atoms. The van der Waals surface area contributed by atoms with E-state index >= 15 is 0 Å². The van der Waals surface area contributed by atoms with Gasteiger partial charge in [-0.3, -0.25) is 0 Å². The molecule has 9 heavy (non-hydrogen) atoms. The molecule has 1 aliphatic rings. The third kappa shape index (κ3) is 1.94. The van der Waals surface area contributed by atoms with Crippen LogP contribution in [0.5, 0.6) is 0 Å². The number of hydrogen-bond acceptors (Lipinski definition) is 1. The van der Waals surface area contributed by atoms with Crippen LogP contribution in [-0.4, -0.2) is 31.2 Å². The first-order chi connectivity index (χ1) is 4.18. The van der Waals surface area contributed by atoms with Crippen molar-refractivity contribution in [3.05, 3.63) is 0 Å². The second-order valence-corrected chi connectivity index (χ2v) is 3.16. The van der Waals surface area contributed by atoms with Crippen molar-refractivity contribution in [2.45, 2.75) is 19.5 Å². The Morgan fingerprint density at radius 1 is 1.44 bits per heavy atom. The summed E-state index contributed by atoms with van der Waals surface area (Å²) in [6.07, 6.45) is 0.170. The van der Waals surface area contributed by atoms with Gasteiger partial charge in [-0.25, -0.2) is 4.39 Å². The van der Waals surface area contributed by atoms with Crippen molar-refractivity contribution in [3.8, 4) is 0 Å². The van der Waals surface area contributed by atoms with E-state index in [1.54, 1.807) is 0 Å². The molecule has 1 heterocycles. The van der Waals surface area contributed by atoms with E-state index in [0.29, 0.717) is 12.5 Å². The maximum Gasteiger partial charge on any atom is 0.113 e. The Morgan fingerprint density at radius 2 is 2.11 bits per heavy atom. The number of hydrogen-bond donors (Lipinski definition) is 0. The molecule has 0 spiro atoms. The standard InChI is InChI=1S/C7H14FN/c1-6-3-7(8)5-9(2)4-6/h6-7H,3-5H2,1-2H3/t6-,7+/m1/s1. The SMILES string of the molecule is C[C@@H]1C[C@H](F)CN(C)C1. The summed E-state index contributed by atoms with van der Waals surface area (Å²) in [7, 11) is 1.97. The maximum absolute atomic E-state index is 12.6. The van der Waals surface area contributed by atoms with Crippen LogP contribution in [0.15, 0.2) is 0 Å². The second-order valence-electron chi connectivity index (χ2n) is 3.16. The lowest BCUT2D eigenvalue weighted by Gasteiger charge is -2.29. The van der Waals surface area contributed by atoms with Crippen LogP contribution in [0.1, 0.15) is 13.3 Å². The summed E-state index contributed by atoms with van der Waals surface area (Å²) in [4.78, 5) is 2.05. The highest BCUT2D eigenvalue weighted by Gasteiger charge is 2.20. The number of piperidine rings is 1. The Labute approximate surface area is 55.8 Å². The summed E-state index contributed by atoms with van der Waals surface area (Å²) in [5.74, 6) is 0.541. The Balaban J connectivity index is 2.34. The van der Waals surface area contributed by atoms with E-state index in [1.165, 1.54) is 0 Å². The quantitative estimate of drug-likeness (QED) is 0.479. The van der Waals surface area contributed by atoms with E-state index in [1.807, 2.05) is 7.05 Å². The molecule has 1 fully saturated rings. The number of rotatable bonds is 0. The third-order valence-electron chi connectivity index (χ3n) is 1.79. The van der Waals surface area contributed by atoms with E-state index in [-0.39, 0.29) is 0 Å². The minimum atomic E-state index is -0.584. The molecule has 0 saturated carbocycles. The van der Waals surface area contributed by atoms with Gasteiger partial charge in [0.2, 0.25) is 0 Å². The Hall–Kier alpha value is -0.110. The largest absolute Gasteiger partial charge is 0.303 e. The lowest BCUT2D eigenvalue weighted by atomic mass is 10.00. The van der Waals surface area contributed by atoms with Crippen molar-refractivity contribution in [3.63, 3.8) is 0 Å². The van der Waals surface area contributed by atoms with Gasteiger partial charge in [0.05, 0.1) is 0 Å². The zero-order chi connectivity index (χ0) is 6.85. The normalized spacial score (nSPS) is 39.0. The summed E-state index contributed by atoms with van der Waals surface area (Å²) in [5.41, 5.74) is 0. The van der Waals surface area contributed by atoms with Gasteiger partial charge in [0.15, 0.2) is 0 Å². The van der Waals surface area contributed by atoms with Crippen LogP contribution < -0.4 is 0 Å². The average Bonchev–Trinajstić information content (AvgIpc) is 1.59. The van der Waals surface area contributed by atoms with Crippen LogP contribution in [0.4, 0.5) is 4.39 Å². The zero-order valence-corrected chi connectivity index (χ0v) is 6.10. The highest BCUT2D eigenvalue weighted by Crippen LogP contribution is 2.16.